The molecule has 8 aliphatic heterocycles. The van der Waals surface area contributed by atoms with E-state index in [1.165, 1.54) is 14.2 Å². The van der Waals surface area contributed by atoms with Gasteiger partial charge in [0.2, 0.25) is 0 Å². The number of hydrogen-bond donors (Lipinski definition) is 28. The van der Waals surface area contributed by atoms with Gasteiger partial charge in [-0.15, -0.1) is 0 Å². The van der Waals surface area contributed by atoms with Crippen molar-refractivity contribution < 1.29 is 278 Å². The zero-order valence-electron chi connectivity index (χ0n) is 57.1. The third-order valence-corrected chi connectivity index (χ3v) is 21.1. The van der Waals surface area contributed by atoms with Crippen LogP contribution in [0.4, 0.5) is 0 Å². The van der Waals surface area contributed by atoms with Crippen molar-refractivity contribution in [1.29, 1.82) is 0 Å². The summed E-state index contributed by atoms with van der Waals surface area (Å²) in [7, 11) is -35.2. The van der Waals surface area contributed by atoms with E-state index in [2.05, 4.69) is 12.5 Å². The first-order valence-corrected chi connectivity index (χ1v) is 40.7. The maximum absolute atomic E-state index is 13.2. The lowest BCUT2D eigenvalue weighted by Gasteiger charge is -2.50. The van der Waals surface area contributed by atoms with Crippen molar-refractivity contribution in [1.82, 2.24) is 14.2 Å². The van der Waals surface area contributed by atoms with Crippen LogP contribution in [0.15, 0.2) is 0 Å². The van der Waals surface area contributed by atoms with E-state index in [4.69, 9.17) is 75.6 Å². The molecule has 8 fully saturated rings. The zero-order chi connectivity index (χ0) is 87.2. The van der Waals surface area contributed by atoms with E-state index >= 15 is 0 Å². The quantitative estimate of drug-likeness (QED) is 0.0262. The first-order valence-electron chi connectivity index (χ1n) is 32.3. The molecule has 8 rings (SSSR count). The summed E-state index contributed by atoms with van der Waals surface area (Å²) >= 11 is 0. The monoisotopic (exact) mass is 1830 g/mol. The average molecular weight is 1830 g/mol. The Bertz CT molecular complexity index is 4100. The second-order valence-electron chi connectivity index (χ2n) is 25.8. The second-order valence-corrected chi connectivity index (χ2v) is 32.5. The number of carbonyl (C=O) groups is 4. The molecule has 68 heteroatoms. The Hall–Kier alpha value is -4.10. The van der Waals surface area contributed by atoms with E-state index in [1.807, 2.05) is 0 Å². The predicted octanol–water partition coefficient (Wildman–Crippen LogP) is -19.7. The van der Waals surface area contributed by atoms with Gasteiger partial charge in [0.1, 0.15) is 159 Å². The van der Waals surface area contributed by atoms with Gasteiger partial charge in [-0.3, -0.25) is 27.3 Å². The Kier molecular flexibility index (Phi) is 32.2. The molecular formula is C48H77N3O59S6. The molecule has 0 aromatic carbocycles. The number of hydrogen-bond acceptors (Lipinski definition) is 49. The van der Waals surface area contributed by atoms with E-state index in [-0.39, 0.29) is 0 Å². The van der Waals surface area contributed by atoms with Crippen molar-refractivity contribution in [2.45, 2.75) is 239 Å². The van der Waals surface area contributed by atoms with Crippen molar-refractivity contribution in [2.75, 3.05) is 33.0 Å². The van der Waals surface area contributed by atoms with Crippen LogP contribution in [-0.4, -0.2) is 471 Å². The summed E-state index contributed by atoms with van der Waals surface area (Å²) in [5, 5.41) is 206. The molecule has 39 unspecified atom stereocenters. The highest BCUT2D eigenvalue weighted by Gasteiger charge is 2.63. The first kappa shape index (κ1) is 97.3. The van der Waals surface area contributed by atoms with Crippen LogP contribution in [0.25, 0.3) is 0 Å². The molecule has 116 heavy (non-hydrogen) atoms. The fourth-order valence-corrected chi connectivity index (χ4v) is 16.0. The number of aliphatic hydroxyl groups excluding tert-OH is 15. The molecule has 28 N–H and O–H groups in total. The van der Waals surface area contributed by atoms with Crippen LogP contribution in [0, 0.1) is 0 Å². The lowest BCUT2D eigenvalue weighted by Crippen LogP contribution is -2.71. The molecule has 8 saturated heterocycles. The average Bonchev–Trinajstić information content (AvgIpc) is 1.19. The summed E-state index contributed by atoms with van der Waals surface area (Å²) in [6, 6.07) is -8.49. The minimum Gasteiger partial charge on any atom is -0.479 e. The van der Waals surface area contributed by atoms with Crippen LogP contribution >= 0.6 is 0 Å². The van der Waals surface area contributed by atoms with Gasteiger partial charge in [-0.2, -0.15) is 64.7 Å². The molecule has 8 heterocycles. The van der Waals surface area contributed by atoms with Gasteiger partial charge in [-0.25, -0.2) is 31.7 Å². The molecule has 0 radical (unpaired) electrons. The summed E-state index contributed by atoms with van der Waals surface area (Å²) in [5.74, 6) is -9.08. The molecule has 62 nitrogen and oxygen atoms in total. The highest BCUT2D eigenvalue weighted by molar-refractivity contribution is 7.84. The molecule has 0 aromatic heterocycles. The van der Waals surface area contributed by atoms with Crippen LogP contribution in [0.5, 0.6) is 0 Å². The van der Waals surface area contributed by atoms with E-state index in [9.17, 15) is 189 Å². The van der Waals surface area contributed by atoms with Crippen molar-refractivity contribution in [3.63, 3.8) is 0 Å². The van der Waals surface area contributed by atoms with Gasteiger partial charge in [-0.1, -0.05) is 0 Å². The van der Waals surface area contributed by atoms with E-state index in [1.54, 1.807) is 0 Å². The fourth-order valence-electron chi connectivity index (χ4n) is 13.0. The van der Waals surface area contributed by atoms with Gasteiger partial charge >= 0.3 is 86.0 Å². The van der Waals surface area contributed by atoms with Crippen LogP contribution in [0.3, 0.4) is 0 Å². The van der Waals surface area contributed by atoms with E-state index in [0.717, 1.165) is 0 Å². The fraction of sp³-hybridized carbons (Fsp3) is 0.917. The number of rotatable bonds is 35. The lowest BCUT2D eigenvalue weighted by molar-refractivity contribution is -0.378. The second kappa shape index (κ2) is 38.3. The van der Waals surface area contributed by atoms with Gasteiger partial charge in [0.25, 0.3) is 0 Å². The van der Waals surface area contributed by atoms with Gasteiger partial charge in [0.15, 0.2) is 80.7 Å². The number of ether oxygens (including phenoxy) is 15. The Morgan fingerprint density at radius 2 is 0.543 bits per heavy atom. The van der Waals surface area contributed by atoms with Crippen molar-refractivity contribution in [3.05, 3.63) is 0 Å². The Morgan fingerprint density at radius 1 is 0.267 bits per heavy atom. The van der Waals surface area contributed by atoms with Gasteiger partial charge in [0.05, 0.1) is 33.0 Å². The van der Waals surface area contributed by atoms with Gasteiger partial charge in [0, 0.05) is 0 Å². The molecule has 0 bridgehead atoms. The standard InChI is InChI=1S/C48H77N3O59S6/c52-1-6-14(56)28(10(94-6)5-93-114(84,85)86)99-46-22(64)20(62)29(35(106-46)39(69)70)102-42-12(50-112(78,79)80)16(58)26(8(3-54)96-42)100-47-34(110-116(90,91)92)24(66)31(37(108-47)41(73)74)104-44-13(51-113(81,82)83)17(59)27(9(4-55)97-44)101-48-33(109-115(87,88)89)23(65)30(36(107-48)40(71)72)103-43-11(49-111(75,76)77)15(57)25(7(2-53)95-43)98-45-21(63)18(60)19(61)32(105-45)38(67)68/h6-37,42-66H,1-5H2,(H,67,68)(H,69,70)(H,71,72)(H,73,74)(H,75,76,77)(H,78,79,80)(H,81,82,83)(H,84,85,86)(H,87,88,89)(H,90,91,92). The molecule has 8 aliphatic rings. The van der Waals surface area contributed by atoms with Crippen molar-refractivity contribution in [2.24, 2.45) is 0 Å². The maximum Gasteiger partial charge on any atom is 0.397 e. The maximum atomic E-state index is 13.2. The normalized spacial score (nSPS) is 43.8. The SMILES string of the molecule is O=C(O)C1OC(OC2C(CO)OC(OC3C(C(=O)O)OC(OC4C(CO)OC(OC5C(C(=O)O)OC(OC6C(CO)OC(OC7C(C(=O)O)OC(OC8C(COS(=O)(=O)O)OC(CO)C8O)C(O)C7O)C(NS(=O)(=O)O)C6O)C(OS(=O)(=O)O)C5O)C(NS(=O)(=O)O)C4O)C(OS(=O)(=O)O)C3O)C(NS(=O)(=O)O)C2O)C(O)C(O)C1O. The molecule has 0 amide bonds. The summed E-state index contributed by atoms with van der Waals surface area (Å²) < 4.78 is 304. The number of carboxylic acid groups (broad SMARTS) is 4. The van der Waals surface area contributed by atoms with E-state index < -0.39 is 358 Å². The van der Waals surface area contributed by atoms with E-state index in [0.29, 0.717) is 0 Å². The molecular weight excluding hydrogens is 1750 g/mol. The van der Waals surface area contributed by atoms with Crippen molar-refractivity contribution in [3.8, 4) is 0 Å². The minimum absolute atomic E-state index is 1.03. The Labute approximate surface area is 647 Å². The zero-order valence-corrected chi connectivity index (χ0v) is 62.0. The van der Waals surface area contributed by atoms with Crippen LogP contribution in [-0.2, 0) is 165 Å². The minimum atomic E-state index is -6.19. The Balaban J connectivity index is 1.04. The summed E-state index contributed by atoms with van der Waals surface area (Å²) in [6.07, 6.45) is -96.7. The lowest BCUT2D eigenvalue weighted by atomic mass is 9.94. The number of aliphatic hydroxyl groups is 15. The van der Waals surface area contributed by atoms with Gasteiger partial charge < -0.3 is 168 Å². The van der Waals surface area contributed by atoms with Gasteiger partial charge in [-0.05, 0) is 0 Å². The highest BCUT2D eigenvalue weighted by Crippen LogP contribution is 2.41. The topological polar surface area (TPSA) is 981 Å². The van der Waals surface area contributed by atoms with Crippen LogP contribution < -0.4 is 14.2 Å². The molecule has 39 atom stereocenters. The van der Waals surface area contributed by atoms with Crippen LogP contribution in [0.1, 0.15) is 0 Å². The third-order valence-electron chi connectivity index (χ3n) is 18.0. The predicted molar refractivity (Wildman–Crippen MR) is 334 cm³/mol. The molecule has 674 valence electrons. The summed E-state index contributed by atoms with van der Waals surface area (Å²) in [4.78, 5) is 50.8. The molecule has 0 spiro atoms. The largest absolute Gasteiger partial charge is 0.479 e. The third kappa shape index (κ3) is 23.6. The Morgan fingerprint density at radius 3 is 0.836 bits per heavy atom. The summed E-state index contributed by atoms with van der Waals surface area (Å²) in [5.41, 5.74) is 0. The first-order chi connectivity index (χ1) is 53.4. The smallest absolute Gasteiger partial charge is 0.397 e. The molecule has 0 aliphatic carbocycles. The number of aliphatic carboxylic acids is 4. The highest BCUT2D eigenvalue weighted by atomic mass is 32.3. The molecule has 0 aromatic rings. The van der Waals surface area contributed by atoms with Crippen LogP contribution in [0.2, 0.25) is 0 Å². The summed E-state index contributed by atoms with van der Waals surface area (Å²) in [6.45, 7) is -7.06. The number of carboxylic acids is 4. The number of nitrogens with one attached hydrogen (secondary N) is 3. The molecule has 0 saturated carbocycles. The van der Waals surface area contributed by atoms with Crippen molar-refractivity contribution >= 4 is 86.0 Å².